The first-order chi connectivity index (χ1) is 12.5. The van der Waals surface area contributed by atoms with E-state index in [9.17, 15) is 9.90 Å². The maximum atomic E-state index is 9.34. The number of carbonyl (C=O) groups is 1. The van der Waals surface area contributed by atoms with Crippen LogP contribution in [-0.2, 0) is 17.9 Å². The maximum Gasteiger partial charge on any atom is 0.244 e. The number of aliphatic hydroxyl groups is 1. The average molecular weight is 360 g/mol. The van der Waals surface area contributed by atoms with Crippen molar-refractivity contribution in [2.45, 2.75) is 65.6 Å². The number of hydrogen-bond acceptors (Lipinski definition) is 3. The minimum absolute atomic E-state index is 0.813. The number of imidazole rings is 1. The number of nitrogens with zero attached hydrogens (tertiary/aromatic N) is 2. The molecule has 0 saturated carbocycles. The minimum Gasteiger partial charge on any atom is -0.547 e. The highest BCUT2D eigenvalue weighted by atomic mass is 16.4. The molecule has 1 aromatic heterocycles. The van der Waals surface area contributed by atoms with Crippen molar-refractivity contribution in [3.05, 3.63) is 54.6 Å². The molecular weight excluding hydrogens is 328 g/mol. The summed E-state index contributed by atoms with van der Waals surface area (Å²) in [6.07, 6.45) is 10.6. The van der Waals surface area contributed by atoms with E-state index >= 15 is 0 Å². The molecule has 2 unspecified atom stereocenters. The Bertz CT molecular complexity index is 623. The van der Waals surface area contributed by atoms with Crippen LogP contribution in [0.5, 0.6) is 0 Å². The van der Waals surface area contributed by atoms with Crippen LogP contribution in [0.3, 0.4) is 0 Å². The third-order valence-electron chi connectivity index (χ3n) is 4.31. The predicted octanol–water partition coefficient (Wildman–Crippen LogP) is 2.16. The van der Waals surface area contributed by atoms with Crippen molar-refractivity contribution in [2.24, 2.45) is 5.92 Å². The van der Waals surface area contributed by atoms with Crippen molar-refractivity contribution in [1.29, 1.82) is 0 Å². The fourth-order valence-electron chi connectivity index (χ4n) is 2.65. The molecule has 2 rings (SSSR count). The van der Waals surface area contributed by atoms with Crippen molar-refractivity contribution in [1.82, 2.24) is 4.57 Å². The van der Waals surface area contributed by atoms with Crippen molar-refractivity contribution >= 4 is 5.97 Å². The number of aliphatic carboxylic acids is 1. The second-order valence-electron chi connectivity index (χ2n) is 6.68. The molecule has 5 nitrogen and oxygen atoms in total. The predicted molar refractivity (Wildman–Crippen MR) is 100 cm³/mol. The highest BCUT2D eigenvalue weighted by Gasteiger charge is 2.11. The molecule has 0 radical (unpaired) electrons. The molecule has 0 aliphatic heterocycles. The van der Waals surface area contributed by atoms with Crippen LogP contribution in [0.4, 0.5) is 0 Å². The molecule has 1 aromatic carbocycles. The van der Waals surface area contributed by atoms with E-state index < -0.39 is 12.1 Å². The van der Waals surface area contributed by atoms with Crippen LogP contribution in [-0.4, -0.2) is 21.7 Å². The molecule has 2 atom stereocenters. The zero-order valence-corrected chi connectivity index (χ0v) is 16.2. The SMILES string of the molecule is CC(O)C(=O)[O-].CCCCC(CC)Cn1cc[n+](Cc2ccccc2)c1. The van der Waals surface area contributed by atoms with Crippen molar-refractivity contribution in [2.75, 3.05) is 0 Å². The summed E-state index contributed by atoms with van der Waals surface area (Å²) < 4.78 is 4.61. The Morgan fingerprint density at radius 3 is 2.46 bits per heavy atom. The Morgan fingerprint density at radius 1 is 1.27 bits per heavy atom. The maximum absolute atomic E-state index is 9.34. The number of carbonyl (C=O) groups excluding carboxylic acids is 1. The third kappa shape index (κ3) is 8.81. The van der Waals surface area contributed by atoms with Crippen LogP contribution in [0.25, 0.3) is 0 Å². The first kappa shape index (κ1) is 21.9. The zero-order valence-electron chi connectivity index (χ0n) is 16.2. The molecular formula is C21H32N2O3. The molecule has 1 N–H and O–H groups in total. The van der Waals surface area contributed by atoms with Gasteiger partial charge in [0.2, 0.25) is 6.33 Å². The normalized spacial score (nSPS) is 12.8. The van der Waals surface area contributed by atoms with Crippen LogP contribution in [0.2, 0.25) is 0 Å². The fourth-order valence-corrected chi connectivity index (χ4v) is 2.65. The molecule has 0 aliphatic carbocycles. The third-order valence-corrected chi connectivity index (χ3v) is 4.31. The van der Waals surface area contributed by atoms with Gasteiger partial charge in [0.05, 0.1) is 18.6 Å². The number of carboxylic acid groups (broad SMARTS) is 1. The molecule has 0 bridgehead atoms. The number of hydrogen-bond donors (Lipinski definition) is 1. The van der Waals surface area contributed by atoms with E-state index in [1.807, 2.05) is 0 Å². The van der Waals surface area contributed by atoms with Gasteiger partial charge in [0.1, 0.15) is 18.9 Å². The van der Waals surface area contributed by atoms with Gasteiger partial charge in [-0.15, -0.1) is 0 Å². The van der Waals surface area contributed by atoms with Crippen molar-refractivity contribution in [3.8, 4) is 0 Å². The highest BCUT2D eigenvalue weighted by molar-refractivity contribution is 5.68. The largest absolute Gasteiger partial charge is 0.547 e. The van der Waals surface area contributed by atoms with E-state index in [-0.39, 0.29) is 0 Å². The van der Waals surface area contributed by atoms with Gasteiger partial charge in [0.25, 0.3) is 0 Å². The second-order valence-corrected chi connectivity index (χ2v) is 6.68. The summed E-state index contributed by atoms with van der Waals surface area (Å²) in [6.45, 7) is 7.82. The summed E-state index contributed by atoms with van der Waals surface area (Å²) in [5.74, 6) is -0.623. The molecule has 2 aromatic rings. The highest BCUT2D eigenvalue weighted by Crippen LogP contribution is 2.14. The average Bonchev–Trinajstić information content (AvgIpc) is 3.06. The van der Waals surface area contributed by atoms with Gasteiger partial charge in [-0.1, -0.05) is 57.0 Å². The summed E-state index contributed by atoms with van der Waals surface area (Å²) in [5, 5.41) is 17.3. The fraction of sp³-hybridized carbons (Fsp3) is 0.524. The van der Waals surface area contributed by atoms with Crippen LogP contribution in [0, 0.1) is 5.92 Å². The van der Waals surface area contributed by atoms with E-state index in [4.69, 9.17) is 5.11 Å². The number of aromatic nitrogens is 2. The molecule has 5 heteroatoms. The summed E-state index contributed by atoms with van der Waals surface area (Å²) in [6, 6.07) is 10.6. The lowest BCUT2D eigenvalue weighted by Crippen LogP contribution is -2.32. The molecule has 0 amide bonds. The monoisotopic (exact) mass is 360 g/mol. The summed E-state index contributed by atoms with van der Waals surface area (Å²) in [5.41, 5.74) is 1.35. The summed E-state index contributed by atoms with van der Waals surface area (Å²) in [7, 11) is 0. The Kier molecular flexibility index (Phi) is 10.3. The number of benzene rings is 1. The lowest BCUT2D eigenvalue weighted by molar-refractivity contribution is -0.687. The smallest absolute Gasteiger partial charge is 0.244 e. The minimum atomic E-state index is -1.44. The molecule has 26 heavy (non-hydrogen) atoms. The number of unbranched alkanes of at least 4 members (excludes halogenated alkanes) is 1. The quantitative estimate of drug-likeness (QED) is 0.697. The van der Waals surface area contributed by atoms with E-state index in [1.165, 1.54) is 31.2 Å². The van der Waals surface area contributed by atoms with Crippen LogP contribution in [0.1, 0.15) is 52.0 Å². The topological polar surface area (TPSA) is 69.2 Å². The molecule has 1 heterocycles. The van der Waals surface area contributed by atoms with Crippen LogP contribution in [0.15, 0.2) is 49.1 Å². The Hall–Kier alpha value is -2.14. The zero-order chi connectivity index (χ0) is 19.4. The molecule has 144 valence electrons. The summed E-state index contributed by atoms with van der Waals surface area (Å²) in [4.78, 5) is 9.34. The van der Waals surface area contributed by atoms with Crippen LogP contribution >= 0.6 is 0 Å². The Labute approximate surface area is 156 Å². The van der Waals surface area contributed by atoms with Crippen LogP contribution < -0.4 is 9.67 Å². The number of carboxylic acids is 1. The summed E-state index contributed by atoms with van der Waals surface area (Å²) >= 11 is 0. The van der Waals surface area contributed by atoms with E-state index in [0.29, 0.717) is 0 Å². The van der Waals surface area contributed by atoms with Gasteiger partial charge in [-0.25, -0.2) is 9.13 Å². The molecule has 0 aliphatic rings. The van der Waals surface area contributed by atoms with Crippen molar-refractivity contribution < 1.29 is 19.6 Å². The first-order valence-electron chi connectivity index (χ1n) is 9.43. The second kappa shape index (κ2) is 12.3. The van der Waals surface area contributed by atoms with E-state index in [1.54, 1.807) is 0 Å². The molecule has 0 spiro atoms. The van der Waals surface area contributed by atoms with Gasteiger partial charge in [-0.3, -0.25) is 0 Å². The lowest BCUT2D eigenvalue weighted by atomic mass is 9.99. The lowest BCUT2D eigenvalue weighted by Gasteiger charge is -2.11. The van der Waals surface area contributed by atoms with E-state index in [2.05, 4.69) is 72.0 Å². The molecule has 0 saturated heterocycles. The van der Waals surface area contributed by atoms with Gasteiger partial charge in [-0.05, 0) is 31.2 Å². The first-order valence-corrected chi connectivity index (χ1v) is 9.43. The van der Waals surface area contributed by atoms with Gasteiger partial charge < -0.3 is 15.0 Å². The van der Waals surface area contributed by atoms with Crippen molar-refractivity contribution in [3.63, 3.8) is 0 Å². The Morgan fingerprint density at radius 2 is 1.92 bits per heavy atom. The Balaban J connectivity index is 0.000000487. The number of aliphatic hydroxyl groups excluding tert-OH is 1. The number of rotatable bonds is 9. The van der Waals surface area contributed by atoms with Gasteiger partial charge in [-0.2, -0.15) is 0 Å². The van der Waals surface area contributed by atoms with Gasteiger partial charge >= 0.3 is 0 Å². The van der Waals surface area contributed by atoms with Gasteiger partial charge in [0, 0.05) is 0 Å². The standard InChI is InChI=1S/C18H27N2.C3H6O3/c1-3-5-9-17(4-2)14-19-12-13-20(16-19)15-18-10-7-6-8-11-18;1-2(4)3(5)6/h6-8,10-13,16-17H,3-5,9,14-15H2,1-2H3;2,4H,1H3,(H,5,6)/q+1;/p-1. The molecule has 0 fully saturated rings. The van der Waals surface area contributed by atoms with Gasteiger partial charge in [0.15, 0.2) is 0 Å². The van der Waals surface area contributed by atoms with E-state index in [0.717, 1.165) is 25.9 Å².